The Hall–Kier alpha value is -1.06. The van der Waals surface area contributed by atoms with Crippen molar-refractivity contribution in [3.05, 3.63) is 35.4 Å². The van der Waals surface area contributed by atoms with E-state index >= 15 is 0 Å². The van der Waals surface area contributed by atoms with Crippen LogP contribution in [0.25, 0.3) is 0 Å². The Labute approximate surface area is 115 Å². The van der Waals surface area contributed by atoms with Gasteiger partial charge in [0.05, 0.1) is 6.04 Å². The van der Waals surface area contributed by atoms with Gasteiger partial charge in [0.25, 0.3) is 0 Å². The number of benzene rings is 1. The number of hydrogen-bond acceptors (Lipinski definition) is 2. The predicted octanol–water partition coefficient (Wildman–Crippen LogP) is 1.98. The van der Waals surface area contributed by atoms with Gasteiger partial charge in [0.15, 0.2) is 0 Å². The Morgan fingerprint density at radius 1 is 1.28 bits per heavy atom. The molecule has 1 aliphatic rings. The van der Waals surface area contributed by atoms with Gasteiger partial charge >= 0.3 is 0 Å². The summed E-state index contributed by atoms with van der Waals surface area (Å²) in [7, 11) is 0. The van der Waals surface area contributed by atoms with E-state index in [1.165, 1.54) is 11.1 Å². The highest BCUT2D eigenvalue weighted by atomic mass is 35.5. The molecule has 0 saturated carbocycles. The van der Waals surface area contributed by atoms with Gasteiger partial charge in [-0.3, -0.25) is 4.79 Å². The van der Waals surface area contributed by atoms with E-state index in [9.17, 15) is 4.79 Å². The third kappa shape index (κ3) is 3.03. The average molecular weight is 269 g/mol. The quantitative estimate of drug-likeness (QED) is 0.892. The fourth-order valence-electron chi connectivity index (χ4n) is 2.18. The largest absolute Gasteiger partial charge is 0.337 e. The van der Waals surface area contributed by atoms with Crippen molar-refractivity contribution in [2.24, 2.45) is 11.7 Å². The number of carbonyl (C=O) groups is 1. The van der Waals surface area contributed by atoms with Crippen LogP contribution in [0.5, 0.6) is 0 Å². The van der Waals surface area contributed by atoms with Crippen LogP contribution in [0.3, 0.4) is 0 Å². The summed E-state index contributed by atoms with van der Waals surface area (Å²) in [5, 5.41) is 0. The molecule has 2 N–H and O–H groups in total. The molecule has 0 bridgehead atoms. The molecule has 18 heavy (non-hydrogen) atoms. The number of fused-ring (bicyclic) bond motifs is 1. The normalized spacial score (nSPS) is 15.9. The van der Waals surface area contributed by atoms with Crippen molar-refractivity contribution >= 4 is 18.3 Å². The predicted molar refractivity (Wildman–Crippen MR) is 75.6 cm³/mol. The molecule has 1 aromatic rings. The topological polar surface area (TPSA) is 46.3 Å². The smallest absolute Gasteiger partial charge is 0.240 e. The number of rotatable bonds is 2. The van der Waals surface area contributed by atoms with Gasteiger partial charge in [0.2, 0.25) is 5.91 Å². The molecule has 1 atom stereocenters. The van der Waals surface area contributed by atoms with Crippen molar-refractivity contribution in [2.45, 2.75) is 32.9 Å². The minimum Gasteiger partial charge on any atom is -0.337 e. The van der Waals surface area contributed by atoms with Gasteiger partial charge in [-0.1, -0.05) is 38.1 Å². The lowest BCUT2D eigenvalue weighted by atomic mass is 9.97. The second-order valence-electron chi connectivity index (χ2n) is 5.05. The number of nitrogens with two attached hydrogens (primary N) is 1. The van der Waals surface area contributed by atoms with Gasteiger partial charge in [-0.2, -0.15) is 0 Å². The molecule has 0 saturated heterocycles. The van der Waals surface area contributed by atoms with E-state index in [1.807, 2.05) is 24.8 Å². The Kier molecular flexibility index (Phi) is 5.17. The maximum atomic E-state index is 12.2. The highest BCUT2D eigenvalue weighted by molar-refractivity contribution is 5.85. The monoisotopic (exact) mass is 268 g/mol. The third-order valence-corrected chi connectivity index (χ3v) is 3.45. The van der Waals surface area contributed by atoms with E-state index in [0.717, 1.165) is 13.0 Å². The van der Waals surface area contributed by atoms with Gasteiger partial charge in [0.1, 0.15) is 0 Å². The van der Waals surface area contributed by atoms with Crippen molar-refractivity contribution < 1.29 is 4.79 Å². The molecule has 4 heteroatoms. The average Bonchev–Trinajstić information content (AvgIpc) is 2.36. The van der Waals surface area contributed by atoms with Gasteiger partial charge in [0, 0.05) is 13.1 Å². The molecule has 0 spiro atoms. The fraction of sp³-hybridized carbons (Fsp3) is 0.500. The van der Waals surface area contributed by atoms with Crippen LogP contribution in [0.15, 0.2) is 24.3 Å². The molecule has 100 valence electrons. The summed E-state index contributed by atoms with van der Waals surface area (Å²) >= 11 is 0. The molecule has 1 aromatic carbocycles. The molecule has 0 aliphatic carbocycles. The van der Waals surface area contributed by atoms with Gasteiger partial charge in [-0.05, 0) is 23.5 Å². The van der Waals surface area contributed by atoms with Crippen molar-refractivity contribution in [2.75, 3.05) is 6.54 Å². The number of nitrogens with zero attached hydrogens (tertiary/aromatic N) is 1. The molecule has 0 aromatic heterocycles. The first-order chi connectivity index (χ1) is 8.09. The van der Waals surface area contributed by atoms with Crippen molar-refractivity contribution in [1.29, 1.82) is 0 Å². The summed E-state index contributed by atoms with van der Waals surface area (Å²) in [6.07, 6.45) is 0.937. The molecule has 1 aliphatic heterocycles. The second kappa shape index (κ2) is 6.21. The Balaban J connectivity index is 0.00000162. The van der Waals surface area contributed by atoms with Crippen LogP contribution in [0.1, 0.15) is 25.0 Å². The lowest BCUT2D eigenvalue weighted by molar-refractivity contribution is -0.134. The van der Waals surface area contributed by atoms with Crippen LogP contribution in [-0.4, -0.2) is 23.4 Å². The summed E-state index contributed by atoms with van der Waals surface area (Å²) in [5.74, 6) is 0.272. The maximum absolute atomic E-state index is 12.2. The van der Waals surface area contributed by atoms with Crippen LogP contribution < -0.4 is 5.73 Å². The summed E-state index contributed by atoms with van der Waals surface area (Å²) in [6, 6.07) is 7.93. The van der Waals surface area contributed by atoms with E-state index < -0.39 is 0 Å². The molecule has 1 amide bonds. The first-order valence-electron chi connectivity index (χ1n) is 6.20. The summed E-state index contributed by atoms with van der Waals surface area (Å²) in [4.78, 5) is 14.0. The molecule has 0 radical (unpaired) electrons. The SMILES string of the molecule is CC(C)[C@@H](N)C(=O)N1CCc2ccccc2C1.Cl. The lowest BCUT2D eigenvalue weighted by Gasteiger charge is -2.31. The van der Waals surface area contributed by atoms with Crippen LogP contribution in [0.2, 0.25) is 0 Å². The zero-order chi connectivity index (χ0) is 12.4. The maximum Gasteiger partial charge on any atom is 0.240 e. The first-order valence-corrected chi connectivity index (χ1v) is 6.20. The van der Waals surface area contributed by atoms with Crippen LogP contribution in [0, 0.1) is 5.92 Å². The van der Waals surface area contributed by atoms with E-state index in [4.69, 9.17) is 5.73 Å². The van der Waals surface area contributed by atoms with Crippen molar-refractivity contribution in [3.8, 4) is 0 Å². The summed E-state index contributed by atoms with van der Waals surface area (Å²) in [5.41, 5.74) is 8.53. The van der Waals surface area contributed by atoms with Crippen LogP contribution >= 0.6 is 12.4 Å². The lowest BCUT2D eigenvalue weighted by Crippen LogP contribution is -2.48. The zero-order valence-electron chi connectivity index (χ0n) is 10.9. The number of amides is 1. The Morgan fingerprint density at radius 2 is 1.89 bits per heavy atom. The number of hydrogen-bond donors (Lipinski definition) is 1. The second-order valence-corrected chi connectivity index (χ2v) is 5.05. The Morgan fingerprint density at radius 3 is 2.50 bits per heavy atom. The minimum atomic E-state index is -0.375. The molecular weight excluding hydrogens is 248 g/mol. The first kappa shape index (κ1) is 15.0. The van der Waals surface area contributed by atoms with Crippen LogP contribution in [-0.2, 0) is 17.8 Å². The molecule has 0 unspecified atom stereocenters. The molecule has 3 nitrogen and oxygen atoms in total. The molecule has 2 rings (SSSR count). The number of carbonyl (C=O) groups excluding carboxylic acids is 1. The van der Waals surface area contributed by atoms with Gasteiger partial charge in [-0.25, -0.2) is 0 Å². The highest BCUT2D eigenvalue weighted by Gasteiger charge is 2.26. The zero-order valence-corrected chi connectivity index (χ0v) is 11.7. The van der Waals surface area contributed by atoms with Crippen molar-refractivity contribution in [1.82, 2.24) is 4.90 Å². The van der Waals surface area contributed by atoms with E-state index in [1.54, 1.807) is 0 Å². The third-order valence-electron chi connectivity index (χ3n) is 3.45. The minimum absolute atomic E-state index is 0. The van der Waals surface area contributed by atoms with E-state index in [-0.39, 0.29) is 30.3 Å². The molecular formula is C14H21ClN2O. The standard InChI is InChI=1S/C14H20N2O.ClH/c1-10(2)13(15)14(17)16-8-7-11-5-3-4-6-12(11)9-16;/h3-6,10,13H,7-9,15H2,1-2H3;1H/t13-;/m1./s1. The molecule has 1 heterocycles. The summed E-state index contributed by atoms with van der Waals surface area (Å²) < 4.78 is 0. The fourth-order valence-corrected chi connectivity index (χ4v) is 2.18. The highest BCUT2D eigenvalue weighted by Crippen LogP contribution is 2.19. The van der Waals surface area contributed by atoms with Crippen molar-refractivity contribution in [3.63, 3.8) is 0 Å². The van der Waals surface area contributed by atoms with Crippen LogP contribution in [0.4, 0.5) is 0 Å². The van der Waals surface area contributed by atoms with E-state index in [2.05, 4.69) is 18.2 Å². The van der Waals surface area contributed by atoms with E-state index in [0.29, 0.717) is 6.54 Å². The van der Waals surface area contributed by atoms with Gasteiger partial charge < -0.3 is 10.6 Å². The number of halogens is 1. The van der Waals surface area contributed by atoms with Gasteiger partial charge in [-0.15, -0.1) is 12.4 Å². The Bertz CT molecular complexity index is 420. The summed E-state index contributed by atoms with van der Waals surface area (Å²) in [6.45, 7) is 5.46. The molecule has 0 fully saturated rings.